The average Bonchev–Trinajstić information content (AvgIpc) is 2.74. The molecule has 3 aromatic carbocycles. The zero-order valence-electron chi connectivity index (χ0n) is 20.7. The Labute approximate surface area is 192 Å². The Morgan fingerprint density at radius 3 is 2.00 bits per heavy atom. The zero-order chi connectivity index (χ0) is 23.0. The second-order valence-corrected chi connectivity index (χ2v) is 10.8. The highest BCUT2D eigenvalue weighted by Crippen LogP contribution is 2.57. The van der Waals surface area contributed by atoms with Gasteiger partial charge in [0.1, 0.15) is 7.05 Å². The molecule has 0 saturated heterocycles. The fourth-order valence-corrected chi connectivity index (χ4v) is 5.67. The summed E-state index contributed by atoms with van der Waals surface area (Å²) in [5.74, 6) is 0. The normalized spacial score (nSPS) is 16.0. The van der Waals surface area contributed by atoms with Crippen LogP contribution in [0.3, 0.4) is 0 Å². The van der Waals surface area contributed by atoms with Crippen LogP contribution in [0.25, 0.3) is 33.2 Å². The van der Waals surface area contributed by atoms with Crippen LogP contribution in [0.1, 0.15) is 55.5 Å². The van der Waals surface area contributed by atoms with Crippen LogP contribution >= 0.6 is 0 Å². The molecule has 0 spiro atoms. The molecule has 0 amide bonds. The van der Waals surface area contributed by atoms with E-state index >= 15 is 0 Å². The molecule has 0 fully saturated rings. The molecule has 0 saturated carbocycles. The van der Waals surface area contributed by atoms with Crippen molar-refractivity contribution >= 4 is 10.8 Å². The van der Waals surface area contributed by atoms with Crippen LogP contribution in [0, 0.1) is 20.8 Å². The van der Waals surface area contributed by atoms with Crippen molar-refractivity contribution < 1.29 is 4.57 Å². The first-order chi connectivity index (χ1) is 15.0. The third-order valence-electron chi connectivity index (χ3n) is 8.45. The third-order valence-corrected chi connectivity index (χ3v) is 8.45. The van der Waals surface area contributed by atoms with Crippen molar-refractivity contribution in [1.82, 2.24) is 0 Å². The minimum absolute atomic E-state index is 0.0137. The summed E-state index contributed by atoms with van der Waals surface area (Å²) in [6.07, 6.45) is 2.27. The van der Waals surface area contributed by atoms with Crippen molar-refractivity contribution in [3.05, 3.63) is 88.6 Å². The first-order valence-electron chi connectivity index (χ1n) is 11.7. The fourth-order valence-electron chi connectivity index (χ4n) is 5.67. The van der Waals surface area contributed by atoms with E-state index in [1.54, 1.807) is 0 Å². The molecule has 0 bridgehead atoms. The van der Waals surface area contributed by atoms with Crippen molar-refractivity contribution in [3.8, 4) is 22.4 Å². The first kappa shape index (κ1) is 20.9. The lowest BCUT2D eigenvalue weighted by Crippen LogP contribution is -2.44. The summed E-state index contributed by atoms with van der Waals surface area (Å²) in [5, 5.41) is 2.64. The molecule has 0 N–H and O–H groups in total. The number of rotatable bonds is 1. The summed E-state index contributed by atoms with van der Waals surface area (Å²) in [4.78, 5) is 0. The standard InChI is InChI=1S/C31H34N/c1-19-13-14-24-25-16-22-11-9-10-12-23(22)17-26(25)30(4,5)31(6,7)29(24)28(19)27-15-20(2)21(3)18-32(27)8/h9-18H,1-8H3/q+1. The lowest BCUT2D eigenvalue weighted by atomic mass is 9.54. The van der Waals surface area contributed by atoms with Gasteiger partial charge in [-0.15, -0.1) is 0 Å². The molecule has 0 unspecified atom stereocenters. The van der Waals surface area contributed by atoms with Crippen LogP contribution in [0.2, 0.25) is 0 Å². The van der Waals surface area contributed by atoms with E-state index in [1.807, 2.05) is 0 Å². The van der Waals surface area contributed by atoms with E-state index in [1.165, 1.54) is 61.0 Å². The Kier molecular flexibility index (Phi) is 4.44. The molecule has 1 heteroatoms. The fraction of sp³-hybridized carbons (Fsp3) is 0.323. The minimum atomic E-state index is -0.0368. The third kappa shape index (κ3) is 2.73. The van der Waals surface area contributed by atoms with E-state index in [0.717, 1.165) is 0 Å². The number of hydrogen-bond donors (Lipinski definition) is 0. The maximum Gasteiger partial charge on any atom is 0.213 e. The maximum absolute atomic E-state index is 2.44. The molecule has 1 aliphatic carbocycles. The van der Waals surface area contributed by atoms with E-state index in [9.17, 15) is 0 Å². The minimum Gasteiger partial charge on any atom is -0.201 e. The highest BCUT2D eigenvalue weighted by Gasteiger charge is 2.48. The average molecular weight is 421 g/mol. The lowest BCUT2D eigenvalue weighted by molar-refractivity contribution is -0.660. The second kappa shape index (κ2) is 6.78. The van der Waals surface area contributed by atoms with Gasteiger partial charge < -0.3 is 0 Å². The maximum atomic E-state index is 2.44. The van der Waals surface area contributed by atoms with Crippen LogP contribution in [0.5, 0.6) is 0 Å². The summed E-state index contributed by atoms with van der Waals surface area (Å²) in [7, 11) is 2.18. The molecule has 1 aliphatic rings. The number of hydrogen-bond acceptors (Lipinski definition) is 0. The molecule has 1 nitrogen and oxygen atoms in total. The summed E-state index contributed by atoms with van der Waals surface area (Å²) in [5.41, 5.74) is 12.4. The Morgan fingerprint density at radius 2 is 1.31 bits per heavy atom. The van der Waals surface area contributed by atoms with Crippen molar-refractivity contribution in [1.29, 1.82) is 0 Å². The molecule has 1 aromatic heterocycles. The quantitative estimate of drug-likeness (QED) is 0.281. The van der Waals surface area contributed by atoms with E-state index < -0.39 is 0 Å². The molecule has 0 aliphatic heterocycles. The van der Waals surface area contributed by atoms with Gasteiger partial charge in [0.15, 0.2) is 6.20 Å². The largest absolute Gasteiger partial charge is 0.213 e. The van der Waals surface area contributed by atoms with Crippen molar-refractivity contribution in [3.63, 3.8) is 0 Å². The second-order valence-electron chi connectivity index (χ2n) is 10.8. The predicted molar refractivity (Wildman–Crippen MR) is 136 cm³/mol. The highest BCUT2D eigenvalue weighted by atomic mass is 14.9. The molecule has 0 radical (unpaired) electrons. The van der Waals surface area contributed by atoms with Gasteiger partial charge in [-0.1, -0.05) is 64.1 Å². The highest BCUT2D eigenvalue weighted by molar-refractivity contribution is 5.94. The van der Waals surface area contributed by atoms with Crippen LogP contribution < -0.4 is 4.57 Å². The Hall–Kier alpha value is -2.93. The lowest BCUT2D eigenvalue weighted by Gasteiger charge is -2.49. The van der Waals surface area contributed by atoms with Gasteiger partial charge in [-0.2, -0.15) is 0 Å². The van der Waals surface area contributed by atoms with E-state index in [4.69, 9.17) is 0 Å². The van der Waals surface area contributed by atoms with Gasteiger partial charge in [0.25, 0.3) is 0 Å². The number of aromatic nitrogens is 1. The molecule has 4 aromatic rings. The van der Waals surface area contributed by atoms with Gasteiger partial charge in [-0.05, 0) is 82.5 Å². The smallest absolute Gasteiger partial charge is 0.201 e. The number of benzene rings is 3. The molecular weight excluding hydrogens is 386 g/mol. The van der Waals surface area contributed by atoms with E-state index in [0.29, 0.717) is 0 Å². The van der Waals surface area contributed by atoms with E-state index in [-0.39, 0.29) is 10.8 Å². The van der Waals surface area contributed by atoms with Gasteiger partial charge in [0.05, 0.1) is 5.56 Å². The summed E-state index contributed by atoms with van der Waals surface area (Å²) >= 11 is 0. The molecule has 32 heavy (non-hydrogen) atoms. The van der Waals surface area contributed by atoms with Crippen molar-refractivity contribution in [2.45, 2.75) is 59.3 Å². The summed E-state index contributed by atoms with van der Waals surface area (Å²) in [6.45, 7) is 16.4. The van der Waals surface area contributed by atoms with Gasteiger partial charge >= 0.3 is 0 Å². The zero-order valence-corrected chi connectivity index (χ0v) is 20.7. The predicted octanol–water partition coefficient (Wildman–Crippen LogP) is 7.49. The summed E-state index contributed by atoms with van der Waals surface area (Å²) in [6, 6.07) is 20.7. The van der Waals surface area contributed by atoms with Crippen LogP contribution in [-0.2, 0) is 17.9 Å². The van der Waals surface area contributed by atoms with Gasteiger partial charge in [-0.25, -0.2) is 4.57 Å². The Balaban J connectivity index is 1.94. The van der Waals surface area contributed by atoms with E-state index in [2.05, 4.69) is 121 Å². The molecule has 162 valence electrons. The SMILES string of the molecule is Cc1cc(-c2c(C)ccc3c2C(C)(C)C(C)(C)c2cc4ccccc4cc2-3)[n+](C)cc1C. The molecular formula is C31H34N+. The summed E-state index contributed by atoms with van der Waals surface area (Å²) < 4.78 is 2.31. The number of pyridine rings is 1. The number of nitrogens with zero attached hydrogens (tertiary/aromatic N) is 1. The Bertz CT molecular complexity index is 1400. The van der Waals surface area contributed by atoms with Crippen LogP contribution in [0.15, 0.2) is 60.8 Å². The first-order valence-corrected chi connectivity index (χ1v) is 11.7. The van der Waals surface area contributed by atoms with Gasteiger partial charge in [0.2, 0.25) is 5.69 Å². The van der Waals surface area contributed by atoms with Crippen LogP contribution in [0.4, 0.5) is 0 Å². The monoisotopic (exact) mass is 420 g/mol. The number of aryl methyl sites for hydroxylation is 4. The topological polar surface area (TPSA) is 3.88 Å². The molecule has 1 heterocycles. The van der Waals surface area contributed by atoms with Gasteiger partial charge in [0, 0.05) is 17.0 Å². The Morgan fingerprint density at radius 1 is 0.656 bits per heavy atom. The van der Waals surface area contributed by atoms with Crippen molar-refractivity contribution in [2.24, 2.45) is 7.05 Å². The molecule has 5 rings (SSSR count). The van der Waals surface area contributed by atoms with Crippen LogP contribution in [-0.4, -0.2) is 0 Å². The molecule has 0 atom stereocenters. The van der Waals surface area contributed by atoms with Crippen molar-refractivity contribution in [2.75, 3.05) is 0 Å². The van der Waals surface area contributed by atoms with Gasteiger partial charge in [-0.3, -0.25) is 0 Å². The number of fused-ring (bicyclic) bond motifs is 4.